The van der Waals surface area contributed by atoms with E-state index in [4.69, 9.17) is 14.2 Å². The van der Waals surface area contributed by atoms with Crippen molar-refractivity contribution in [1.82, 2.24) is 5.32 Å². The third-order valence-corrected chi connectivity index (χ3v) is 4.43. The Labute approximate surface area is 183 Å². The second-order valence-corrected chi connectivity index (χ2v) is 7.30. The summed E-state index contributed by atoms with van der Waals surface area (Å²) < 4.78 is 16.3. The van der Waals surface area contributed by atoms with Crippen LogP contribution in [-0.2, 0) is 19.1 Å². The topological polar surface area (TPSA) is 103 Å². The fraction of sp³-hybridized carbons (Fsp3) is 0.286. The first-order chi connectivity index (χ1) is 14.3. The van der Waals surface area contributed by atoms with E-state index >= 15 is 0 Å². The number of amides is 2. The highest BCUT2D eigenvalue weighted by Gasteiger charge is 2.12. The lowest BCUT2D eigenvalue weighted by Crippen LogP contribution is -2.36. The van der Waals surface area contributed by atoms with E-state index in [2.05, 4.69) is 26.6 Å². The standard InChI is InChI=1S/C21H23BrN2O6/c1-13-4-7-17(18(8-13)28-3)29-12-21(27)30-11-20(26)23-10-19(25)24-16-6-5-15(22)9-14(16)2/h4-9H,10-12H2,1-3H3,(H,23,26)(H,24,25). The summed E-state index contributed by atoms with van der Waals surface area (Å²) >= 11 is 3.35. The molecule has 2 aromatic carbocycles. The lowest BCUT2D eigenvalue weighted by Gasteiger charge is -2.11. The molecule has 0 aliphatic heterocycles. The van der Waals surface area contributed by atoms with Crippen LogP contribution in [0.15, 0.2) is 40.9 Å². The average Bonchev–Trinajstić information content (AvgIpc) is 2.71. The Bertz CT molecular complexity index is 932. The van der Waals surface area contributed by atoms with E-state index < -0.39 is 24.4 Å². The summed E-state index contributed by atoms with van der Waals surface area (Å²) in [5, 5.41) is 5.09. The van der Waals surface area contributed by atoms with Crippen LogP contribution < -0.4 is 20.1 Å². The van der Waals surface area contributed by atoms with Gasteiger partial charge in [0.15, 0.2) is 24.7 Å². The van der Waals surface area contributed by atoms with Gasteiger partial charge >= 0.3 is 5.97 Å². The monoisotopic (exact) mass is 478 g/mol. The number of benzene rings is 2. The molecule has 2 aromatic rings. The van der Waals surface area contributed by atoms with Crippen LogP contribution in [0.25, 0.3) is 0 Å². The van der Waals surface area contributed by atoms with Gasteiger partial charge in [0.05, 0.1) is 13.7 Å². The fourth-order valence-corrected chi connectivity index (χ4v) is 2.89. The van der Waals surface area contributed by atoms with Crippen LogP contribution in [0.1, 0.15) is 11.1 Å². The SMILES string of the molecule is COc1cc(C)ccc1OCC(=O)OCC(=O)NCC(=O)Nc1ccc(Br)cc1C. The van der Waals surface area contributed by atoms with Crippen molar-refractivity contribution < 1.29 is 28.6 Å². The van der Waals surface area contributed by atoms with Crippen molar-refractivity contribution in [1.29, 1.82) is 0 Å². The number of hydrogen-bond acceptors (Lipinski definition) is 6. The zero-order chi connectivity index (χ0) is 22.1. The molecular formula is C21H23BrN2O6. The highest BCUT2D eigenvalue weighted by Crippen LogP contribution is 2.27. The molecule has 2 amide bonds. The minimum Gasteiger partial charge on any atom is -0.493 e. The normalized spacial score (nSPS) is 10.1. The van der Waals surface area contributed by atoms with Crippen molar-refractivity contribution in [2.75, 3.05) is 32.2 Å². The van der Waals surface area contributed by atoms with Crippen molar-refractivity contribution in [2.24, 2.45) is 0 Å². The van der Waals surface area contributed by atoms with E-state index in [9.17, 15) is 14.4 Å². The third-order valence-electron chi connectivity index (χ3n) is 3.94. The molecule has 0 aromatic heterocycles. The van der Waals surface area contributed by atoms with Crippen molar-refractivity contribution in [3.63, 3.8) is 0 Å². The van der Waals surface area contributed by atoms with Crippen LogP contribution in [0, 0.1) is 13.8 Å². The second-order valence-electron chi connectivity index (χ2n) is 6.39. The number of anilines is 1. The Morgan fingerprint density at radius 2 is 1.73 bits per heavy atom. The molecule has 0 heterocycles. The molecule has 0 atom stereocenters. The molecule has 0 aliphatic rings. The quantitative estimate of drug-likeness (QED) is 0.537. The predicted molar refractivity (Wildman–Crippen MR) is 115 cm³/mol. The maximum absolute atomic E-state index is 12.0. The van der Waals surface area contributed by atoms with Gasteiger partial charge in [0.1, 0.15) is 0 Å². The van der Waals surface area contributed by atoms with Crippen LogP contribution >= 0.6 is 15.9 Å². The van der Waals surface area contributed by atoms with Gasteiger partial charge in [0.2, 0.25) is 5.91 Å². The van der Waals surface area contributed by atoms with Crippen LogP contribution in [0.2, 0.25) is 0 Å². The van der Waals surface area contributed by atoms with Gasteiger partial charge in [-0.25, -0.2) is 4.79 Å². The molecule has 0 bridgehead atoms. The number of esters is 1. The maximum Gasteiger partial charge on any atom is 0.344 e. The number of aryl methyl sites for hydroxylation is 2. The number of carbonyl (C=O) groups excluding carboxylic acids is 3. The molecule has 0 spiro atoms. The Hall–Kier alpha value is -3.07. The Balaban J connectivity index is 1.70. The van der Waals surface area contributed by atoms with Crippen LogP contribution in [-0.4, -0.2) is 44.7 Å². The summed E-state index contributed by atoms with van der Waals surface area (Å²) in [5.74, 6) is -0.825. The van der Waals surface area contributed by atoms with E-state index in [1.165, 1.54) is 7.11 Å². The first-order valence-electron chi connectivity index (χ1n) is 9.04. The molecule has 2 N–H and O–H groups in total. The molecule has 0 unspecified atom stereocenters. The Morgan fingerprint density at radius 3 is 2.43 bits per heavy atom. The van der Waals surface area contributed by atoms with E-state index in [-0.39, 0.29) is 13.2 Å². The molecule has 2 rings (SSSR count). The zero-order valence-electron chi connectivity index (χ0n) is 16.9. The summed E-state index contributed by atoms with van der Waals surface area (Å²) in [7, 11) is 1.50. The third kappa shape index (κ3) is 7.40. The second kappa shape index (κ2) is 11.2. The predicted octanol–water partition coefficient (Wildman–Crippen LogP) is 2.75. The fourth-order valence-electron chi connectivity index (χ4n) is 2.41. The highest BCUT2D eigenvalue weighted by atomic mass is 79.9. The van der Waals surface area contributed by atoms with Crippen molar-refractivity contribution in [2.45, 2.75) is 13.8 Å². The van der Waals surface area contributed by atoms with Gasteiger partial charge in [0, 0.05) is 10.2 Å². The number of carbonyl (C=O) groups is 3. The molecule has 0 fully saturated rings. The number of ether oxygens (including phenoxy) is 3. The van der Waals surface area contributed by atoms with Gasteiger partial charge in [0.25, 0.3) is 5.91 Å². The van der Waals surface area contributed by atoms with E-state index in [1.54, 1.807) is 24.3 Å². The van der Waals surface area contributed by atoms with Crippen molar-refractivity contribution in [3.8, 4) is 11.5 Å². The van der Waals surface area contributed by atoms with Crippen molar-refractivity contribution >= 4 is 39.4 Å². The minimum atomic E-state index is -0.720. The minimum absolute atomic E-state index is 0.247. The molecule has 160 valence electrons. The molecule has 0 saturated carbocycles. The van der Waals surface area contributed by atoms with Gasteiger partial charge in [-0.1, -0.05) is 22.0 Å². The molecular weight excluding hydrogens is 456 g/mol. The largest absolute Gasteiger partial charge is 0.493 e. The van der Waals surface area contributed by atoms with Gasteiger partial charge in [-0.2, -0.15) is 0 Å². The summed E-state index contributed by atoms with van der Waals surface area (Å²) in [5.41, 5.74) is 2.51. The van der Waals surface area contributed by atoms with E-state index in [0.29, 0.717) is 17.2 Å². The van der Waals surface area contributed by atoms with E-state index in [1.807, 2.05) is 26.0 Å². The smallest absolute Gasteiger partial charge is 0.344 e. The van der Waals surface area contributed by atoms with Crippen molar-refractivity contribution in [3.05, 3.63) is 52.0 Å². The average molecular weight is 479 g/mol. The summed E-state index contributed by atoms with van der Waals surface area (Å²) in [6.07, 6.45) is 0. The molecule has 30 heavy (non-hydrogen) atoms. The number of methoxy groups -OCH3 is 1. The summed E-state index contributed by atoms with van der Waals surface area (Å²) in [6.45, 7) is 2.61. The number of nitrogens with one attached hydrogen (secondary N) is 2. The lowest BCUT2D eigenvalue weighted by atomic mass is 10.2. The molecule has 9 heteroatoms. The van der Waals surface area contributed by atoms with Gasteiger partial charge in [-0.15, -0.1) is 0 Å². The summed E-state index contributed by atoms with van der Waals surface area (Å²) in [4.78, 5) is 35.5. The zero-order valence-corrected chi connectivity index (χ0v) is 18.5. The number of rotatable bonds is 9. The van der Waals surface area contributed by atoms with E-state index in [0.717, 1.165) is 15.6 Å². The molecule has 8 nitrogen and oxygen atoms in total. The molecule has 0 radical (unpaired) electrons. The molecule has 0 aliphatic carbocycles. The summed E-state index contributed by atoms with van der Waals surface area (Å²) in [6, 6.07) is 10.7. The lowest BCUT2D eigenvalue weighted by molar-refractivity contribution is -0.150. The Kier molecular flexibility index (Phi) is 8.67. The van der Waals surface area contributed by atoms with Crippen LogP contribution in [0.5, 0.6) is 11.5 Å². The van der Waals surface area contributed by atoms with Crippen LogP contribution in [0.3, 0.4) is 0 Å². The van der Waals surface area contributed by atoms with Gasteiger partial charge in [-0.05, 0) is 55.3 Å². The van der Waals surface area contributed by atoms with Gasteiger partial charge < -0.3 is 24.8 Å². The van der Waals surface area contributed by atoms with Crippen LogP contribution in [0.4, 0.5) is 5.69 Å². The Morgan fingerprint density at radius 1 is 0.967 bits per heavy atom. The maximum atomic E-state index is 12.0. The first-order valence-corrected chi connectivity index (χ1v) is 9.83. The molecule has 0 saturated heterocycles. The highest BCUT2D eigenvalue weighted by molar-refractivity contribution is 9.10. The number of halogens is 1. The van der Waals surface area contributed by atoms with Gasteiger partial charge in [-0.3, -0.25) is 9.59 Å². The first kappa shape index (κ1) is 23.2. The number of hydrogen-bond donors (Lipinski definition) is 2.